The molecule has 2 rings (SSSR count). The van der Waals surface area contributed by atoms with Crippen LogP contribution in [0.5, 0.6) is 0 Å². The van der Waals surface area contributed by atoms with Gasteiger partial charge in [-0.3, -0.25) is 4.79 Å². The van der Waals surface area contributed by atoms with Gasteiger partial charge in [-0.2, -0.15) is 0 Å². The number of urea groups is 1. The first-order chi connectivity index (χ1) is 12.5. The van der Waals surface area contributed by atoms with Gasteiger partial charge in [0.2, 0.25) is 5.91 Å². The molecule has 1 aromatic carbocycles. The predicted octanol–water partition coefficient (Wildman–Crippen LogP) is 1.80. The van der Waals surface area contributed by atoms with E-state index in [0.29, 0.717) is 16.9 Å². The second kappa shape index (κ2) is 7.83. The second-order valence-electron chi connectivity index (χ2n) is 6.61. The summed E-state index contributed by atoms with van der Waals surface area (Å²) in [5.41, 5.74) is 0.262. The molecule has 0 unspecified atom stereocenters. The first kappa shape index (κ1) is 20.5. The van der Waals surface area contributed by atoms with Crippen molar-refractivity contribution in [3.63, 3.8) is 0 Å². The van der Waals surface area contributed by atoms with Gasteiger partial charge in [0.05, 0.1) is 23.1 Å². The van der Waals surface area contributed by atoms with Gasteiger partial charge in [0.1, 0.15) is 5.76 Å². The van der Waals surface area contributed by atoms with Crippen molar-refractivity contribution in [2.24, 2.45) is 0 Å². The Morgan fingerprint density at radius 2 is 1.89 bits per heavy atom. The summed E-state index contributed by atoms with van der Waals surface area (Å²) in [5.74, 6) is 0.320. The van der Waals surface area contributed by atoms with Gasteiger partial charge in [0, 0.05) is 7.05 Å². The van der Waals surface area contributed by atoms with Gasteiger partial charge in [-0.25, -0.2) is 17.9 Å². The summed E-state index contributed by atoms with van der Waals surface area (Å²) in [6.07, 6.45) is 1.51. The topological polar surface area (TPSA) is 118 Å². The molecule has 0 saturated carbocycles. The molecule has 1 heterocycles. The minimum Gasteiger partial charge on any atom is -0.467 e. The third-order valence-electron chi connectivity index (χ3n) is 3.95. The first-order valence-electron chi connectivity index (χ1n) is 8.24. The summed E-state index contributed by atoms with van der Waals surface area (Å²) in [6, 6.07) is 7.32. The lowest BCUT2D eigenvalue weighted by atomic mass is 10.0. The zero-order valence-electron chi connectivity index (χ0n) is 15.6. The lowest BCUT2D eigenvalue weighted by molar-refractivity contribution is -0.122. The minimum absolute atomic E-state index is 0.0209. The van der Waals surface area contributed by atoms with Crippen LogP contribution in [0.25, 0.3) is 0 Å². The predicted molar refractivity (Wildman–Crippen MR) is 99.5 cm³/mol. The maximum absolute atomic E-state index is 12.4. The Bertz CT molecular complexity index is 934. The van der Waals surface area contributed by atoms with Gasteiger partial charge in [0.25, 0.3) is 10.0 Å². The van der Waals surface area contributed by atoms with E-state index in [1.165, 1.54) is 19.4 Å². The van der Waals surface area contributed by atoms with Gasteiger partial charge in [-0.15, -0.1) is 0 Å². The highest BCUT2D eigenvalue weighted by Crippen LogP contribution is 2.21. The van der Waals surface area contributed by atoms with Crippen molar-refractivity contribution in [1.82, 2.24) is 15.4 Å². The molecule has 0 atom stereocenters. The molecular weight excluding hydrogens is 370 g/mol. The van der Waals surface area contributed by atoms with Crippen LogP contribution in [-0.2, 0) is 26.8 Å². The normalized spacial score (nSPS) is 11.7. The van der Waals surface area contributed by atoms with E-state index in [9.17, 15) is 18.0 Å². The molecule has 0 aliphatic rings. The van der Waals surface area contributed by atoms with E-state index in [0.717, 1.165) is 0 Å². The van der Waals surface area contributed by atoms with Crippen molar-refractivity contribution >= 4 is 22.0 Å². The molecule has 8 nitrogen and oxygen atoms in total. The SMILES string of the molecule is CNC(=O)NS(=O)(=O)c1cc(CC(=O)NC(C)(C)c2ccco2)ccc1C. The number of rotatable bonds is 6. The van der Waals surface area contributed by atoms with Crippen LogP contribution in [0, 0.1) is 6.92 Å². The highest BCUT2D eigenvalue weighted by atomic mass is 32.2. The number of furan rings is 1. The number of hydrogen-bond donors (Lipinski definition) is 3. The summed E-state index contributed by atoms with van der Waals surface area (Å²) in [7, 11) is -2.72. The fraction of sp³-hybridized carbons (Fsp3) is 0.333. The number of aryl methyl sites for hydroxylation is 1. The van der Waals surface area contributed by atoms with Crippen LogP contribution in [0.2, 0.25) is 0 Å². The molecule has 0 spiro atoms. The molecule has 27 heavy (non-hydrogen) atoms. The quantitative estimate of drug-likeness (QED) is 0.692. The maximum atomic E-state index is 12.4. The Balaban J connectivity index is 2.18. The lowest BCUT2D eigenvalue weighted by Gasteiger charge is -2.24. The number of benzene rings is 1. The fourth-order valence-corrected chi connectivity index (χ4v) is 3.80. The second-order valence-corrected chi connectivity index (χ2v) is 8.26. The molecule has 146 valence electrons. The van der Waals surface area contributed by atoms with Crippen LogP contribution in [0.1, 0.15) is 30.7 Å². The molecule has 0 radical (unpaired) electrons. The van der Waals surface area contributed by atoms with Crippen LogP contribution in [0.3, 0.4) is 0 Å². The maximum Gasteiger partial charge on any atom is 0.328 e. The van der Waals surface area contributed by atoms with Crippen molar-refractivity contribution in [1.29, 1.82) is 0 Å². The van der Waals surface area contributed by atoms with Crippen LogP contribution < -0.4 is 15.4 Å². The monoisotopic (exact) mass is 393 g/mol. The number of hydrogen-bond acceptors (Lipinski definition) is 5. The van der Waals surface area contributed by atoms with E-state index in [2.05, 4.69) is 10.6 Å². The largest absolute Gasteiger partial charge is 0.467 e. The summed E-state index contributed by atoms with van der Waals surface area (Å²) >= 11 is 0. The zero-order chi connectivity index (χ0) is 20.2. The van der Waals surface area contributed by atoms with Crippen LogP contribution in [0.4, 0.5) is 4.79 Å². The molecule has 3 N–H and O–H groups in total. The summed E-state index contributed by atoms with van der Waals surface area (Å²) in [5, 5.41) is 5.05. The molecule has 0 aliphatic carbocycles. The molecular formula is C18H23N3O5S. The molecule has 9 heteroatoms. The van der Waals surface area contributed by atoms with E-state index in [4.69, 9.17) is 4.42 Å². The Kier molecular flexibility index (Phi) is 5.94. The number of carbonyl (C=O) groups is 2. The molecule has 1 aromatic heterocycles. The van der Waals surface area contributed by atoms with E-state index < -0.39 is 21.6 Å². The van der Waals surface area contributed by atoms with Gasteiger partial charge in [0.15, 0.2) is 0 Å². The van der Waals surface area contributed by atoms with E-state index in [-0.39, 0.29) is 17.2 Å². The zero-order valence-corrected chi connectivity index (χ0v) is 16.4. The van der Waals surface area contributed by atoms with Gasteiger partial charge in [-0.1, -0.05) is 12.1 Å². The average molecular weight is 393 g/mol. The van der Waals surface area contributed by atoms with Crippen LogP contribution in [0.15, 0.2) is 45.9 Å². The highest BCUT2D eigenvalue weighted by Gasteiger charge is 2.26. The Morgan fingerprint density at radius 1 is 1.19 bits per heavy atom. The first-order valence-corrected chi connectivity index (χ1v) is 9.72. The van der Waals surface area contributed by atoms with Crippen LogP contribution in [-0.4, -0.2) is 27.4 Å². The molecule has 0 aliphatic heterocycles. The van der Waals surface area contributed by atoms with Crippen molar-refractivity contribution < 1.29 is 22.4 Å². The fourth-order valence-electron chi connectivity index (χ4n) is 2.55. The van der Waals surface area contributed by atoms with Crippen LogP contribution >= 0.6 is 0 Å². The van der Waals surface area contributed by atoms with E-state index in [1.54, 1.807) is 31.2 Å². The molecule has 0 bridgehead atoms. The van der Waals surface area contributed by atoms with E-state index >= 15 is 0 Å². The number of nitrogens with one attached hydrogen (secondary N) is 3. The number of carbonyl (C=O) groups excluding carboxylic acids is 2. The number of sulfonamides is 1. The Morgan fingerprint density at radius 3 is 2.48 bits per heavy atom. The molecule has 2 aromatic rings. The highest BCUT2D eigenvalue weighted by molar-refractivity contribution is 7.90. The van der Waals surface area contributed by atoms with Crippen molar-refractivity contribution in [2.75, 3.05) is 7.05 Å². The smallest absolute Gasteiger partial charge is 0.328 e. The van der Waals surface area contributed by atoms with Crippen molar-refractivity contribution in [3.05, 3.63) is 53.5 Å². The third-order valence-corrected chi connectivity index (χ3v) is 5.42. The standard InChI is InChI=1S/C18H23N3O5S/c1-12-7-8-13(10-14(12)27(24,25)21-17(23)19-4)11-16(22)20-18(2,3)15-6-5-9-26-15/h5-10H,11H2,1-4H3,(H,20,22)(H2,19,21,23). The third kappa shape index (κ3) is 5.10. The number of amides is 3. The Labute approximate surface area is 158 Å². The lowest BCUT2D eigenvalue weighted by Crippen LogP contribution is -2.41. The minimum atomic E-state index is -4.04. The Hall–Kier alpha value is -2.81. The molecule has 3 amide bonds. The summed E-state index contributed by atoms with van der Waals surface area (Å²) < 4.78 is 32.0. The van der Waals surface area contributed by atoms with Gasteiger partial charge >= 0.3 is 6.03 Å². The summed E-state index contributed by atoms with van der Waals surface area (Å²) in [4.78, 5) is 23.7. The van der Waals surface area contributed by atoms with Crippen molar-refractivity contribution in [2.45, 2.75) is 37.6 Å². The molecule has 0 fully saturated rings. The van der Waals surface area contributed by atoms with Gasteiger partial charge in [-0.05, 0) is 50.1 Å². The van der Waals surface area contributed by atoms with E-state index in [1.807, 2.05) is 18.6 Å². The summed E-state index contributed by atoms with van der Waals surface area (Å²) in [6.45, 7) is 5.23. The molecule has 0 saturated heterocycles. The average Bonchev–Trinajstić information content (AvgIpc) is 3.11. The van der Waals surface area contributed by atoms with Crippen molar-refractivity contribution in [3.8, 4) is 0 Å². The van der Waals surface area contributed by atoms with Gasteiger partial charge < -0.3 is 15.1 Å².